The van der Waals surface area contributed by atoms with Crippen molar-refractivity contribution in [2.24, 2.45) is 0 Å². The van der Waals surface area contributed by atoms with E-state index in [-0.39, 0.29) is 5.82 Å². The van der Waals surface area contributed by atoms with Crippen LogP contribution in [-0.4, -0.2) is 18.2 Å². The van der Waals surface area contributed by atoms with Gasteiger partial charge in [-0.1, -0.05) is 36.4 Å². The lowest BCUT2D eigenvalue weighted by Gasteiger charge is -2.26. The van der Waals surface area contributed by atoms with Crippen LogP contribution in [0.1, 0.15) is 29.7 Å². The zero-order valence-electron chi connectivity index (χ0n) is 12.2. The Morgan fingerprint density at radius 3 is 2.19 bits per heavy atom. The molecule has 0 aliphatic carbocycles. The van der Waals surface area contributed by atoms with E-state index in [9.17, 15) is 9.50 Å². The first-order chi connectivity index (χ1) is 10.2. The lowest BCUT2D eigenvalue weighted by Crippen LogP contribution is -2.28. The van der Waals surface area contributed by atoms with Crippen LogP contribution in [0.25, 0.3) is 0 Å². The number of hydrogen-bond donors (Lipinski definition) is 1. The molecule has 1 N–H and O–H groups in total. The van der Waals surface area contributed by atoms with Crippen LogP contribution in [0.4, 0.5) is 10.1 Å². The fourth-order valence-corrected chi connectivity index (χ4v) is 3.09. The molecule has 0 unspecified atom stereocenters. The van der Waals surface area contributed by atoms with Crippen molar-refractivity contribution in [1.29, 1.82) is 0 Å². The maximum atomic E-state index is 14.3. The van der Waals surface area contributed by atoms with Crippen LogP contribution in [0.3, 0.4) is 0 Å². The second-order valence-electron chi connectivity index (χ2n) is 5.61. The molecule has 3 heteroatoms. The number of benzene rings is 2. The van der Waals surface area contributed by atoms with E-state index >= 15 is 0 Å². The Balaban J connectivity index is 1.93. The minimum Gasteiger partial charge on any atom is -0.389 e. The monoisotopic (exact) mass is 285 g/mol. The molecular formula is C18H20FNO. The molecule has 0 aromatic heterocycles. The first-order valence-electron chi connectivity index (χ1n) is 7.45. The van der Waals surface area contributed by atoms with Gasteiger partial charge in [-0.2, -0.15) is 0 Å². The van der Waals surface area contributed by atoms with Gasteiger partial charge in [0.05, 0.1) is 11.8 Å². The van der Waals surface area contributed by atoms with Gasteiger partial charge in [-0.25, -0.2) is 4.39 Å². The summed E-state index contributed by atoms with van der Waals surface area (Å²) in [7, 11) is 0. The van der Waals surface area contributed by atoms with Crippen LogP contribution in [0, 0.1) is 5.82 Å². The van der Waals surface area contributed by atoms with Gasteiger partial charge in [0.2, 0.25) is 0 Å². The van der Waals surface area contributed by atoms with Gasteiger partial charge >= 0.3 is 0 Å². The molecule has 3 rings (SSSR count). The molecule has 0 spiro atoms. The molecular weight excluding hydrogens is 265 g/mol. The highest BCUT2D eigenvalue weighted by atomic mass is 19.1. The molecule has 0 amide bonds. The number of aliphatic hydroxyl groups excluding tert-OH is 1. The average Bonchev–Trinajstić information content (AvgIpc) is 2.69. The molecule has 2 aromatic carbocycles. The Kier molecular flexibility index (Phi) is 3.93. The Bertz CT molecular complexity index is 612. The van der Waals surface area contributed by atoms with Crippen molar-refractivity contribution in [2.45, 2.75) is 25.9 Å². The van der Waals surface area contributed by atoms with E-state index in [0.717, 1.165) is 25.9 Å². The second-order valence-corrected chi connectivity index (χ2v) is 5.61. The number of halogens is 1. The summed E-state index contributed by atoms with van der Waals surface area (Å²) in [6, 6.07) is 13.3. The molecule has 2 nitrogen and oxygen atoms in total. The van der Waals surface area contributed by atoms with Crippen molar-refractivity contribution in [2.75, 3.05) is 18.0 Å². The highest BCUT2D eigenvalue weighted by molar-refractivity contribution is 5.56. The minimum absolute atomic E-state index is 0.251. The molecule has 2 aromatic rings. The summed E-state index contributed by atoms with van der Waals surface area (Å²) in [5.74, 6) is -0.251. The molecule has 0 radical (unpaired) electrons. The number of para-hydroxylation sites is 1. The Labute approximate surface area is 124 Å². The van der Waals surface area contributed by atoms with E-state index in [1.807, 2.05) is 0 Å². The van der Waals surface area contributed by atoms with E-state index in [2.05, 4.69) is 29.2 Å². The lowest BCUT2D eigenvalue weighted by molar-refractivity contribution is 0.199. The summed E-state index contributed by atoms with van der Waals surface area (Å²) < 4.78 is 14.3. The standard InChI is InChI=1S/C18H20FNO/c1-13(21)16-7-4-8-17(19)18(16)20-11-9-14-5-2-3-6-15(14)10-12-20/h2-8,13,21H,9-12H2,1H3/t13-/m1/s1. The van der Waals surface area contributed by atoms with Crippen LogP contribution < -0.4 is 4.90 Å². The Morgan fingerprint density at radius 1 is 1.00 bits per heavy atom. The molecule has 21 heavy (non-hydrogen) atoms. The van der Waals surface area contributed by atoms with E-state index < -0.39 is 6.10 Å². The second kappa shape index (κ2) is 5.86. The van der Waals surface area contributed by atoms with Gasteiger partial charge in [0.25, 0.3) is 0 Å². The molecule has 0 fully saturated rings. The van der Waals surface area contributed by atoms with Gasteiger partial charge < -0.3 is 10.0 Å². The predicted molar refractivity (Wildman–Crippen MR) is 83.1 cm³/mol. The van der Waals surface area contributed by atoms with Crippen LogP contribution in [0.15, 0.2) is 42.5 Å². The van der Waals surface area contributed by atoms with E-state index in [1.165, 1.54) is 17.2 Å². The summed E-state index contributed by atoms with van der Waals surface area (Å²) in [5.41, 5.74) is 3.91. The summed E-state index contributed by atoms with van der Waals surface area (Å²) in [6.45, 7) is 3.24. The van der Waals surface area contributed by atoms with Crippen LogP contribution in [-0.2, 0) is 12.8 Å². The molecule has 1 aliphatic heterocycles. The zero-order chi connectivity index (χ0) is 14.8. The van der Waals surface area contributed by atoms with Gasteiger partial charge in [-0.05, 0) is 37.0 Å². The summed E-state index contributed by atoms with van der Waals surface area (Å²) in [6.07, 6.45) is 1.15. The molecule has 0 saturated heterocycles. The molecule has 1 heterocycles. The predicted octanol–water partition coefficient (Wildman–Crippen LogP) is 3.48. The van der Waals surface area contributed by atoms with E-state index in [4.69, 9.17) is 0 Å². The van der Waals surface area contributed by atoms with Gasteiger partial charge in [-0.15, -0.1) is 0 Å². The smallest absolute Gasteiger partial charge is 0.146 e. The van der Waals surface area contributed by atoms with Crippen molar-refractivity contribution in [1.82, 2.24) is 0 Å². The normalized spacial score (nSPS) is 16.2. The number of fused-ring (bicyclic) bond motifs is 1. The fourth-order valence-electron chi connectivity index (χ4n) is 3.09. The number of rotatable bonds is 2. The third-order valence-corrected chi connectivity index (χ3v) is 4.20. The van der Waals surface area contributed by atoms with Crippen molar-refractivity contribution >= 4 is 5.69 Å². The molecule has 0 saturated carbocycles. The number of nitrogens with zero attached hydrogens (tertiary/aromatic N) is 1. The highest BCUT2D eigenvalue weighted by Gasteiger charge is 2.21. The number of hydrogen-bond acceptors (Lipinski definition) is 2. The van der Waals surface area contributed by atoms with Crippen molar-refractivity contribution in [3.63, 3.8) is 0 Å². The number of aliphatic hydroxyl groups is 1. The van der Waals surface area contributed by atoms with Crippen molar-refractivity contribution in [3.8, 4) is 0 Å². The maximum absolute atomic E-state index is 14.3. The summed E-state index contributed by atoms with van der Waals surface area (Å²) >= 11 is 0. The SMILES string of the molecule is C[C@@H](O)c1cccc(F)c1N1CCc2ccccc2CC1. The number of anilines is 1. The molecule has 1 aliphatic rings. The van der Waals surface area contributed by atoms with Crippen molar-refractivity contribution in [3.05, 3.63) is 65.0 Å². The largest absolute Gasteiger partial charge is 0.389 e. The minimum atomic E-state index is -0.665. The van der Waals surface area contributed by atoms with Gasteiger partial charge in [-0.3, -0.25) is 0 Å². The molecule has 0 bridgehead atoms. The van der Waals surface area contributed by atoms with E-state index in [0.29, 0.717) is 11.3 Å². The Hall–Kier alpha value is -1.87. The van der Waals surface area contributed by atoms with Gasteiger partial charge in [0.15, 0.2) is 0 Å². The Morgan fingerprint density at radius 2 is 1.62 bits per heavy atom. The summed E-state index contributed by atoms with van der Waals surface area (Å²) in [4.78, 5) is 2.07. The first kappa shape index (κ1) is 14.1. The topological polar surface area (TPSA) is 23.5 Å². The van der Waals surface area contributed by atoms with Crippen molar-refractivity contribution < 1.29 is 9.50 Å². The van der Waals surface area contributed by atoms with Crippen LogP contribution in [0.5, 0.6) is 0 Å². The fraction of sp³-hybridized carbons (Fsp3) is 0.333. The first-order valence-corrected chi connectivity index (χ1v) is 7.45. The van der Waals surface area contributed by atoms with Gasteiger partial charge in [0, 0.05) is 18.7 Å². The van der Waals surface area contributed by atoms with Crippen LogP contribution >= 0.6 is 0 Å². The third kappa shape index (κ3) is 2.79. The summed E-state index contributed by atoms with van der Waals surface area (Å²) in [5, 5.41) is 9.91. The van der Waals surface area contributed by atoms with E-state index in [1.54, 1.807) is 19.1 Å². The van der Waals surface area contributed by atoms with Gasteiger partial charge in [0.1, 0.15) is 5.82 Å². The van der Waals surface area contributed by atoms with Crippen LogP contribution in [0.2, 0.25) is 0 Å². The molecule has 1 atom stereocenters. The lowest BCUT2D eigenvalue weighted by atomic mass is 10.0. The highest BCUT2D eigenvalue weighted by Crippen LogP contribution is 2.31. The zero-order valence-corrected chi connectivity index (χ0v) is 12.2. The molecule has 110 valence electrons. The third-order valence-electron chi connectivity index (χ3n) is 4.20. The average molecular weight is 285 g/mol. The maximum Gasteiger partial charge on any atom is 0.146 e. The quantitative estimate of drug-likeness (QED) is 0.913.